The number of rotatable bonds is 4. The van der Waals surface area contributed by atoms with E-state index < -0.39 is 10.0 Å². The summed E-state index contributed by atoms with van der Waals surface area (Å²) in [6.07, 6.45) is 8.70. The number of anilines is 1. The van der Waals surface area contributed by atoms with E-state index in [2.05, 4.69) is 5.32 Å². The lowest BCUT2D eigenvalue weighted by Crippen LogP contribution is -2.45. The summed E-state index contributed by atoms with van der Waals surface area (Å²) in [5, 5.41) is 3.22. The van der Waals surface area contributed by atoms with Crippen molar-refractivity contribution in [2.75, 3.05) is 18.0 Å². The molecule has 0 unspecified atom stereocenters. The number of fused-ring (bicyclic) bond motifs is 1. The molecule has 0 spiro atoms. The molecule has 0 bridgehead atoms. The quantitative estimate of drug-likeness (QED) is 0.698. The number of hydrogen-bond acceptors (Lipinski definition) is 4. The smallest absolute Gasteiger partial charge is 0.243 e. The SMILES string of the molecule is CC(=O)N1c2ccc(S(=O)(=O)N3CCC(C(=O)NC4CCCCCC4)CC3)cc2C[C@@H]1C. The summed E-state index contributed by atoms with van der Waals surface area (Å²) < 4.78 is 28.0. The molecule has 1 aromatic rings. The summed E-state index contributed by atoms with van der Waals surface area (Å²) in [5.74, 6) is -0.0597. The van der Waals surface area contributed by atoms with E-state index in [1.54, 1.807) is 23.1 Å². The van der Waals surface area contributed by atoms with E-state index >= 15 is 0 Å². The Morgan fingerprint density at radius 1 is 1.00 bits per heavy atom. The van der Waals surface area contributed by atoms with Gasteiger partial charge in [-0.3, -0.25) is 9.59 Å². The third-order valence-corrected chi connectivity index (χ3v) is 9.16. The second-order valence-corrected chi connectivity index (χ2v) is 11.5. The molecule has 1 aliphatic carbocycles. The minimum Gasteiger partial charge on any atom is -0.353 e. The normalized spacial score (nSPS) is 23.6. The molecule has 0 radical (unpaired) electrons. The Bertz CT molecular complexity index is 961. The van der Waals surface area contributed by atoms with Crippen molar-refractivity contribution < 1.29 is 18.0 Å². The molecule has 2 fully saturated rings. The highest BCUT2D eigenvalue weighted by Gasteiger charge is 2.35. The number of carbonyl (C=O) groups is 2. The zero-order valence-electron chi connectivity index (χ0n) is 19.2. The van der Waals surface area contributed by atoms with Crippen LogP contribution in [0.2, 0.25) is 0 Å². The third-order valence-electron chi connectivity index (χ3n) is 7.27. The van der Waals surface area contributed by atoms with Gasteiger partial charge in [0.2, 0.25) is 21.8 Å². The molecule has 3 aliphatic rings. The van der Waals surface area contributed by atoms with Crippen LogP contribution in [0, 0.1) is 5.92 Å². The van der Waals surface area contributed by atoms with E-state index in [9.17, 15) is 18.0 Å². The number of nitrogens with one attached hydrogen (secondary N) is 1. The summed E-state index contributed by atoms with van der Waals surface area (Å²) in [4.78, 5) is 26.7. The molecule has 1 saturated heterocycles. The lowest BCUT2D eigenvalue weighted by Gasteiger charge is -2.31. The Labute approximate surface area is 191 Å². The highest BCUT2D eigenvalue weighted by molar-refractivity contribution is 7.89. The zero-order valence-corrected chi connectivity index (χ0v) is 20.0. The van der Waals surface area contributed by atoms with Gasteiger partial charge in [0, 0.05) is 43.7 Å². The average Bonchev–Trinajstić information content (AvgIpc) is 2.91. The number of amides is 2. The predicted molar refractivity (Wildman–Crippen MR) is 124 cm³/mol. The van der Waals surface area contributed by atoms with Crippen LogP contribution in [0.3, 0.4) is 0 Å². The molecule has 4 rings (SSSR count). The van der Waals surface area contributed by atoms with E-state index in [4.69, 9.17) is 0 Å². The van der Waals surface area contributed by atoms with Gasteiger partial charge in [-0.2, -0.15) is 4.31 Å². The topological polar surface area (TPSA) is 86.8 Å². The molecule has 32 heavy (non-hydrogen) atoms. The Morgan fingerprint density at radius 2 is 1.66 bits per heavy atom. The fourth-order valence-corrected chi connectivity index (χ4v) is 7.02. The van der Waals surface area contributed by atoms with E-state index in [0.717, 1.165) is 24.1 Å². The van der Waals surface area contributed by atoms with Gasteiger partial charge in [-0.05, 0) is 62.8 Å². The molecule has 7 nitrogen and oxygen atoms in total. The minimum absolute atomic E-state index is 0.0307. The first-order valence-corrected chi connectivity index (χ1v) is 13.4. The summed E-state index contributed by atoms with van der Waals surface area (Å²) in [5.41, 5.74) is 1.70. The van der Waals surface area contributed by atoms with Crippen molar-refractivity contribution in [3.8, 4) is 0 Å². The van der Waals surface area contributed by atoms with Crippen LogP contribution in [-0.2, 0) is 26.0 Å². The summed E-state index contributed by atoms with van der Waals surface area (Å²) in [6.45, 7) is 4.23. The van der Waals surface area contributed by atoms with Gasteiger partial charge in [-0.25, -0.2) is 8.42 Å². The second kappa shape index (κ2) is 9.51. The van der Waals surface area contributed by atoms with Gasteiger partial charge in [0.05, 0.1) is 4.90 Å². The highest BCUT2D eigenvalue weighted by atomic mass is 32.2. The predicted octanol–water partition coefficient (Wildman–Crippen LogP) is 3.22. The molecule has 2 heterocycles. The van der Waals surface area contributed by atoms with E-state index in [1.807, 2.05) is 6.92 Å². The molecule has 1 aromatic carbocycles. The van der Waals surface area contributed by atoms with Crippen LogP contribution in [0.4, 0.5) is 5.69 Å². The Morgan fingerprint density at radius 3 is 2.28 bits per heavy atom. The maximum Gasteiger partial charge on any atom is 0.243 e. The molecule has 1 saturated carbocycles. The number of piperidine rings is 1. The van der Waals surface area contributed by atoms with Gasteiger partial charge < -0.3 is 10.2 Å². The fourth-order valence-electron chi connectivity index (χ4n) is 5.50. The number of sulfonamides is 1. The van der Waals surface area contributed by atoms with E-state index in [0.29, 0.717) is 32.4 Å². The number of benzene rings is 1. The molecular weight excluding hydrogens is 426 g/mol. The molecule has 176 valence electrons. The van der Waals surface area contributed by atoms with Crippen molar-refractivity contribution in [3.05, 3.63) is 23.8 Å². The third kappa shape index (κ3) is 4.71. The second-order valence-electron chi connectivity index (χ2n) is 9.61. The van der Waals surface area contributed by atoms with Crippen molar-refractivity contribution in [1.29, 1.82) is 0 Å². The van der Waals surface area contributed by atoms with Crippen molar-refractivity contribution in [3.63, 3.8) is 0 Å². The maximum absolute atomic E-state index is 13.3. The monoisotopic (exact) mass is 461 g/mol. The van der Waals surface area contributed by atoms with Crippen LogP contribution in [0.1, 0.15) is 70.8 Å². The highest BCUT2D eigenvalue weighted by Crippen LogP contribution is 2.35. The maximum atomic E-state index is 13.3. The standard InChI is InChI=1S/C24H35N3O4S/c1-17-15-20-16-22(9-10-23(20)27(17)18(2)28)32(30,31)26-13-11-19(12-14-26)24(29)25-21-7-5-3-4-6-8-21/h9-10,16-17,19,21H,3-8,11-15H2,1-2H3,(H,25,29)/t17-/m0/s1. The first-order valence-electron chi connectivity index (χ1n) is 12.0. The van der Waals surface area contributed by atoms with Crippen molar-refractivity contribution in [2.45, 2.75) is 88.6 Å². The molecule has 1 atom stereocenters. The van der Waals surface area contributed by atoms with E-state index in [-0.39, 0.29) is 34.7 Å². The van der Waals surface area contributed by atoms with E-state index in [1.165, 1.54) is 36.9 Å². The number of nitrogens with zero attached hydrogens (tertiary/aromatic N) is 2. The summed E-state index contributed by atoms with van der Waals surface area (Å²) in [6, 6.07) is 5.38. The summed E-state index contributed by atoms with van der Waals surface area (Å²) in [7, 11) is -3.62. The fraction of sp³-hybridized carbons (Fsp3) is 0.667. The first kappa shape index (κ1) is 23.2. The van der Waals surface area contributed by atoms with Crippen LogP contribution in [-0.4, -0.2) is 49.7 Å². The van der Waals surface area contributed by atoms with Gasteiger partial charge in [0.1, 0.15) is 0 Å². The largest absolute Gasteiger partial charge is 0.353 e. The van der Waals surface area contributed by atoms with Gasteiger partial charge >= 0.3 is 0 Å². The van der Waals surface area contributed by atoms with Crippen LogP contribution in [0.5, 0.6) is 0 Å². The van der Waals surface area contributed by atoms with Crippen LogP contribution < -0.4 is 10.2 Å². The van der Waals surface area contributed by atoms with Crippen molar-refractivity contribution >= 4 is 27.5 Å². The van der Waals surface area contributed by atoms with Crippen LogP contribution in [0.25, 0.3) is 0 Å². The molecule has 0 aromatic heterocycles. The van der Waals surface area contributed by atoms with Gasteiger partial charge in [0.15, 0.2) is 0 Å². The van der Waals surface area contributed by atoms with Crippen LogP contribution >= 0.6 is 0 Å². The Hall–Kier alpha value is -1.93. The lowest BCUT2D eigenvalue weighted by atomic mass is 9.96. The molecular formula is C24H35N3O4S. The molecule has 8 heteroatoms. The molecule has 2 amide bonds. The Kier molecular flexibility index (Phi) is 6.91. The van der Waals surface area contributed by atoms with Crippen molar-refractivity contribution in [1.82, 2.24) is 9.62 Å². The van der Waals surface area contributed by atoms with Crippen molar-refractivity contribution in [2.24, 2.45) is 5.92 Å². The van der Waals surface area contributed by atoms with Gasteiger partial charge in [0.25, 0.3) is 0 Å². The first-order chi connectivity index (χ1) is 15.3. The molecule has 1 N–H and O–H groups in total. The van der Waals surface area contributed by atoms with Crippen LogP contribution in [0.15, 0.2) is 23.1 Å². The van der Waals surface area contributed by atoms with Gasteiger partial charge in [-0.15, -0.1) is 0 Å². The average molecular weight is 462 g/mol. The zero-order chi connectivity index (χ0) is 22.9. The number of hydrogen-bond donors (Lipinski definition) is 1. The number of carbonyl (C=O) groups excluding carboxylic acids is 2. The Balaban J connectivity index is 1.38. The van der Waals surface area contributed by atoms with Gasteiger partial charge in [-0.1, -0.05) is 25.7 Å². The summed E-state index contributed by atoms with van der Waals surface area (Å²) >= 11 is 0. The minimum atomic E-state index is -3.62. The lowest BCUT2D eigenvalue weighted by molar-refractivity contribution is -0.127. The molecule has 2 aliphatic heterocycles.